The Morgan fingerprint density at radius 3 is 1.62 bits per heavy atom. The Hall–Kier alpha value is -4.88. The highest BCUT2D eigenvalue weighted by molar-refractivity contribution is 6.23. The van der Waals surface area contributed by atoms with E-state index in [1.807, 2.05) is 0 Å². The number of furan rings is 1. The Morgan fingerprint density at radius 2 is 0.946 bits per heavy atom. The van der Waals surface area contributed by atoms with Crippen molar-refractivity contribution in [2.24, 2.45) is 0 Å². The lowest BCUT2D eigenvalue weighted by molar-refractivity contribution is 0.669. The minimum absolute atomic E-state index is 0.337. The third kappa shape index (κ3) is 2.98. The average Bonchev–Trinajstić information content (AvgIpc) is 3.61. The maximum Gasteiger partial charge on any atom is 0.136 e. The van der Waals surface area contributed by atoms with Crippen LogP contribution in [0.5, 0.6) is 0 Å². The summed E-state index contributed by atoms with van der Waals surface area (Å²) in [6.45, 7) is 0. The van der Waals surface area contributed by atoms with E-state index in [0.29, 0.717) is 0 Å². The van der Waals surface area contributed by atoms with Crippen LogP contribution >= 0.6 is 0 Å². The van der Waals surface area contributed by atoms with Crippen LogP contribution in [0.1, 0.15) is 30.2 Å². The van der Waals surface area contributed by atoms with Crippen LogP contribution in [0.3, 0.4) is 0 Å². The molecule has 0 amide bonds. The van der Waals surface area contributed by atoms with Gasteiger partial charge < -0.3 is 4.42 Å². The SMILES string of the molecule is [2H]c1c([2H])c([2H])c(-c2c3c([2H])c([2H])c([2H])c([2H])c3c(-c3c([2H])c([2H])c4oc5c([2H])c([2H])c6c([2H])c([2H])c([2H])c([2H])c6c5c4c3[2H])c3c([2H])c([2H])c([2H])c([2H])c23)c([2H])c1[2H]. The van der Waals surface area contributed by atoms with Crippen LogP contribution in [0.25, 0.3) is 76.5 Å². The van der Waals surface area contributed by atoms with Gasteiger partial charge in [0.25, 0.3) is 0 Å². The first-order chi connectivity index (χ1) is 27.5. The van der Waals surface area contributed by atoms with Crippen LogP contribution in [0, 0.1) is 0 Å². The molecule has 1 aromatic heterocycles. The van der Waals surface area contributed by atoms with Gasteiger partial charge in [-0.25, -0.2) is 0 Å². The van der Waals surface area contributed by atoms with Crippen molar-refractivity contribution in [3.63, 3.8) is 0 Å². The Bertz CT molecular complexity index is 3240. The summed E-state index contributed by atoms with van der Waals surface area (Å²) in [4.78, 5) is 0. The largest absolute Gasteiger partial charge is 0.456 e. The molecule has 8 rings (SSSR count). The van der Waals surface area contributed by atoms with Crippen LogP contribution in [-0.4, -0.2) is 0 Å². The number of fused-ring (bicyclic) bond motifs is 7. The van der Waals surface area contributed by atoms with E-state index in [-0.39, 0.29) is 10.8 Å². The summed E-state index contributed by atoms with van der Waals surface area (Å²) in [5.74, 6) is 0. The fraction of sp³-hybridized carbons (Fsp3) is 0. The number of benzene rings is 7. The molecular formula is C36H22O. The van der Waals surface area contributed by atoms with E-state index in [2.05, 4.69) is 0 Å². The van der Waals surface area contributed by atoms with Gasteiger partial charge in [0.15, 0.2) is 0 Å². The van der Waals surface area contributed by atoms with Gasteiger partial charge in [-0.05, 0) is 72.7 Å². The zero-order valence-electron chi connectivity index (χ0n) is 40.4. The second-order valence-corrected chi connectivity index (χ2v) is 8.01. The summed E-state index contributed by atoms with van der Waals surface area (Å²) in [5.41, 5.74) is -3.61. The third-order valence-electron chi connectivity index (χ3n) is 6.07. The Morgan fingerprint density at radius 1 is 0.405 bits per heavy atom. The molecule has 0 fully saturated rings. The minimum Gasteiger partial charge on any atom is -0.456 e. The first-order valence-electron chi connectivity index (χ1n) is 21.9. The molecule has 0 aliphatic heterocycles. The van der Waals surface area contributed by atoms with E-state index in [4.69, 9.17) is 29.1 Å². The molecule has 0 saturated heterocycles. The normalized spacial score (nSPS) is 20.1. The number of rotatable bonds is 2. The molecule has 0 saturated carbocycles. The average molecular weight is 493 g/mol. The molecule has 0 unspecified atom stereocenters. The predicted molar refractivity (Wildman–Crippen MR) is 157 cm³/mol. The molecule has 37 heavy (non-hydrogen) atoms. The summed E-state index contributed by atoms with van der Waals surface area (Å²) < 4.78 is 199. The molecule has 7 aromatic carbocycles. The first kappa shape index (κ1) is 8.33. The van der Waals surface area contributed by atoms with Gasteiger partial charge in [-0.1, -0.05) is 115 Å². The third-order valence-corrected chi connectivity index (χ3v) is 6.07. The molecule has 0 aliphatic rings. The van der Waals surface area contributed by atoms with Crippen molar-refractivity contribution < 1.29 is 34.6 Å². The first-order valence-corrected chi connectivity index (χ1v) is 10.9. The van der Waals surface area contributed by atoms with Gasteiger partial charge in [-0.2, -0.15) is 0 Å². The van der Waals surface area contributed by atoms with E-state index in [9.17, 15) is 5.48 Å². The summed E-state index contributed by atoms with van der Waals surface area (Å²) in [6, 6.07) is -18.3. The summed E-state index contributed by atoms with van der Waals surface area (Å²) in [6.07, 6.45) is 0. The molecule has 0 bridgehead atoms. The topological polar surface area (TPSA) is 13.1 Å². The molecule has 1 heterocycles. The quantitative estimate of drug-likeness (QED) is 0.219. The van der Waals surface area contributed by atoms with Crippen molar-refractivity contribution in [1.82, 2.24) is 0 Å². The highest BCUT2D eigenvalue weighted by atomic mass is 16.3. The summed E-state index contributed by atoms with van der Waals surface area (Å²) in [7, 11) is 0. The van der Waals surface area contributed by atoms with Crippen molar-refractivity contribution in [1.29, 1.82) is 0 Å². The lowest BCUT2D eigenvalue weighted by Gasteiger charge is -2.17. The van der Waals surface area contributed by atoms with Crippen molar-refractivity contribution >= 4 is 54.3 Å². The van der Waals surface area contributed by atoms with Gasteiger partial charge in [-0.15, -0.1) is 0 Å². The van der Waals surface area contributed by atoms with Crippen LogP contribution in [-0.2, 0) is 0 Å². The van der Waals surface area contributed by atoms with Crippen LogP contribution in [0.4, 0.5) is 0 Å². The molecule has 0 spiro atoms. The highest BCUT2D eigenvalue weighted by Gasteiger charge is 2.18. The maximum atomic E-state index is 9.71. The van der Waals surface area contributed by atoms with Crippen LogP contribution in [0.15, 0.2) is 137 Å². The molecule has 8 aromatic rings. The summed E-state index contributed by atoms with van der Waals surface area (Å²) >= 11 is 0. The standard InChI is InChI=1S/C36H22O/c1-2-11-24(12-3-1)34-27-14-6-8-16-29(27)35(30-17-9-7-15-28(30)34)25-19-20-32-31(22-25)36-26-13-5-4-10-23(26)18-21-33(36)37-32/h1-22H/i1D,2D,3D,4D,5D,6D,7D,8D,9D,10D,11D,12D,13D,14D,15D,16D,17D,18D,19D,20D,21D,22D. The van der Waals surface area contributed by atoms with Crippen molar-refractivity contribution in [3.8, 4) is 22.3 Å². The van der Waals surface area contributed by atoms with E-state index in [0.717, 1.165) is 0 Å². The summed E-state index contributed by atoms with van der Waals surface area (Å²) in [5, 5.41) is -4.05. The maximum absolute atomic E-state index is 9.71. The molecule has 0 aliphatic carbocycles. The van der Waals surface area contributed by atoms with Gasteiger partial charge in [0.1, 0.15) is 11.2 Å². The monoisotopic (exact) mass is 492 g/mol. The Labute approximate surface area is 245 Å². The van der Waals surface area contributed by atoms with Gasteiger partial charge in [0, 0.05) is 10.8 Å². The lowest BCUT2D eigenvalue weighted by Crippen LogP contribution is -1.90. The van der Waals surface area contributed by atoms with E-state index >= 15 is 0 Å². The van der Waals surface area contributed by atoms with Crippen molar-refractivity contribution in [2.75, 3.05) is 0 Å². The van der Waals surface area contributed by atoms with E-state index in [1.54, 1.807) is 0 Å². The molecule has 1 heteroatoms. The second kappa shape index (κ2) is 7.81. The zero-order valence-corrected chi connectivity index (χ0v) is 18.4. The number of hydrogen-bond donors (Lipinski definition) is 0. The molecule has 0 radical (unpaired) electrons. The van der Waals surface area contributed by atoms with Gasteiger partial charge >= 0.3 is 0 Å². The number of hydrogen-bond acceptors (Lipinski definition) is 1. The van der Waals surface area contributed by atoms with Gasteiger partial charge in [0.2, 0.25) is 0 Å². The second-order valence-electron chi connectivity index (χ2n) is 8.01. The molecular weight excluding hydrogens is 448 g/mol. The van der Waals surface area contributed by atoms with E-state index < -0.39 is 199 Å². The van der Waals surface area contributed by atoms with Gasteiger partial charge in [-0.3, -0.25) is 0 Å². The molecule has 0 N–H and O–H groups in total. The lowest BCUT2D eigenvalue weighted by atomic mass is 9.86. The fourth-order valence-electron chi connectivity index (χ4n) is 4.58. The molecule has 1 nitrogen and oxygen atoms in total. The zero-order chi connectivity index (χ0) is 43.5. The smallest absolute Gasteiger partial charge is 0.136 e. The van der Waals surface area contributed by atoms with Crippen molar-refractivity contribution in [2.45, 2.75) is 0 Å². The highest BCUT2D eigenvalue weighted by Crippen LogP contribution is 2.45. The van der Waals surface area contributed by atoms with Crippen LogP contribution in [0.2, 0.25) is 0 Å². The molecule has 0 atom stereocenters. The minimum atomic E-state index is -0.904. The fourth-order valence-corrected chi connectivity index (χ4v) is 4.58. The van der Waals surface area contributed by atoms with Crippen LogP contribution < -0.4 is 0 Å². The predicted octanol–water partition coefficient (Wildman–Crippen LogP) is 10.4. The van der Waals surface area contributed by atoms with Crippen molar-refractivity contribution in [3.05, 3.63) is 133 Å². The Balaban J connectivity index is 1.77. The van der Waals surface area contributed by atoms with E-state index in [1.165, 1.54) is 0 Å². The Kier molecular flexibility index (Phi) is 1.76. The van der Waals surface area contributed by atoms with Gasteiger partial charge in [0.05, 0.1) is 30.2 Å². The molecule has 172 valence electrons.